The Morgan fingerprint density at radius 3 is 2.32 bits per heavy atom. The minimum atomic E-state index is -0.682. The number of piperazine rings is 1. The van der Waals surface area contributed by atoms with Gasteiger partial charge in [-0.1, -0.05) is 30.3 Å². The van der Waals surface area contributed by atoms with Crippen LogP contribution < -0.4 is 10.6 Å². The number of hydrogen-bond acceptors (Lipinski definition) is 6. The van der Waals surface area contributed by atoms with Crippen LogP contribution in [-0.4, -0.2) is 83.7 Å². The smallest absolute Gasteiger partial charge is 0.325 e. The standard InChI is InChI=1S/C26H27N5O6/c1-2-37-21(32)16-28-26(36)29-20-10-6-9-18-19(15-27-22(18)20)23(33)25(35)31-13-11-30(12-14-31)24(34)17-7-4-3-5-8-17/h3-10,15,27H,2,11-14,16H2,1H3,(H2,28,29,36). The quantitative estimate of drug-likeness (QED) is 0.255. The van der Waals surface area contributed by atoms with Crippen LogP contribution >= 0.6 is 0 Å². The van der Waals surface area contributed by atoms with Gasteiger partial charge in [-0.3, -0.25) is 19.2 Å². The summed E-state index contributed by atoms with van der Waals surface area (Å²) in [7, 11) is 0. The molecule has 1 saturated heterocycles. The Morgan fingerprint density at radius 1 is 0.919 bits per heavy atom. The van der Waals surface area contributed by atoms with Crippen molar-refractivity contribution in [2.45, 2.75) is 6.92 Å². The van der Waals surface area contributed by atoms with Crippen LogP contribution in [0.5, 0.6) is 0 Å². The van der Waals surface area contributed by atoms with Gasteiger partial charge in [0.15, 0.2) is 0 Å². The number of aromatic nitrogens is 1. The normalized spacial score (nSPS) is 13.2. The molecule has 1 aromatic heterocycles. The minimum absolute atomic E-state index is 0.109. The number of urea groups is 1. The molecule has 0 radical (unpaired) electrons. The van der Waals surface area contributed by atoms with Gasteiger partial charge in [-0.05, 0) is 25.1 Å². The summed E-state index contributed by atoms with van der Waals surface area (Å²) in [6.07, 6.45) is 1.43. The number of ketones is 1. The Labute approximate surface area is 212 Å². The van der Waals surface area contributed by atoms with Gasteiger partial charge in [0.05, 0.1) is 23.4 Å². The lowest BCUT2D eigenvalue weighted by Crippen LogP contribution is -2.52. The third-order valence-electron chi connectivity index (χ3n) is 5.98. The maximum absolute atomic E-state index is 13.1. The Morgan fingerprint density at radius 2 is 1.62 bits per heavy atom. The number of fused-ring (bicyclic) bond motifs is 1. The molecular weight excluding hydrogens is 478 g/mol. The van der Waals surface area contributed by atoms with Crippen LogP contribution in [0.15, 0.2) is 54.7 Å². The molecule has 1 aliphatic rings. The van der Waals surface area contributed by atoms with E-state index in [2.05, 4.69) is 15.6 Å². The van der Waals surface area contributed by atoms with E-state index in [1.54, 1.807) is 54.3 Å². The molecule has 4 amide bonds. The number of nitrogens with zero attached hydrogens (tertiary/aromatic N) is 2. The highest BCUT2D eigenvalue weighted by Gasteiger charge is 2.30. The highest BCUT2D eigenvalue weighted by atomic mass is 16.5. The molecule has 0 unspecified atom stereocenters. The molecule has 1 aliphatic heterocycles. The molecule has 192 valence electrons. The van der Waals surface area contributed by atoms with E-state index in [4.69, 9.17) is 4.74 Å². The number of nitrogens with one attached hydrogen (secondary N) is 3. The molecule has 37 heavy (non-hydrogen) atoms. The first-order valence-corrected chi connectivity index (χ1v) is 11.9. The van der Waals surface area contributed by atoms with Crippen molar-refractivity contribution in [1.29, 1.82) is 0 Å². The number of Topliss-reactive ketones (excluding diaryl/α,β-unsaturated/α-hetero) is 1. The van der Waals surface area contributed by atoms with Gasteiger partial charge >= 0.3 is 12.0 Å². The molecule has 0 atom stereocenters. The fraction of sp³-hybridized carbons (Fsp3) is 0.269. The van der Waals surface area contributed by atoms with Gasteiger partial charge < -0.3 is 30.2 Å². The van der Waals surface area contributed by atoms with Crippen LogP contribution in [0.25, 0.3) is 10.9 Å². The predicted octanol–water partition coefficient (Wildman–Crippen LogP) is 2.02. The number of carbonyl (C=O) groups excluding carboxylic acids is 5. The number of benzene rings is 2. The number of para-hydroxylation sites is 1. The Kier molecular flexibility index (Phi) is 7.82. The summed E-state index contributed by atoms with van der Waals surface area (Å²) in [5.74, 6) is -2.01. The molecule has 4 rings (SSSR count). The van der Waals surface area contributed by atoms with E-state index in [1.807, 2.05) is 6.07 Å². The van der Waals surface area contributed by atoms with Crippen molar-refractivity contribution in [3.05, 3.63) is 65.9 Å². The lowest BCUT2D eigenvalue weighted by molar-refractivity contribution is -0.141. The highest BCUT2D eigenvalue weighted by molar-refractivity contribution is 6.45. The number of aromatic amines is 1. The summed E-state index contributed by atoms with van der Waals surface area (Å²) in [6.45, 7) is 2.74. The van der Waals surface area contributed by atoms with Crippen LogP contribution in [0.1, 0.15) is 27.6 Å². The van der Waals surface area contributed by atoms with Crippen molar-refractivity contribution in [1.82, 2.24) is 20.1 Å². The van der Waals surface area contributed by atoms with Gasteiger partial charge in [0.25, 0.3) is 17.6 Å². The number of esters is 1. The van der Waals surface area contributed by atoms with Gasteiger partial charge in [0.2, 0.25) is 0 Å². The second-order valence-corrected chi connectivity index (χ2v) is 8.32. The van der Waals surface area contributed by atoms with E-state index >= 15 is 0 Å². The van der Waals surface area contributed by atoms with E-state index in [0.717, 1.165) is 0 Å². The number of ether oxygens (including phenoxy) is 1. The lowest BCUT2D eigenvalue weighted by Gasteiger charge is -2.34. The maximum atomic E-state index is 13.1. The Balaban J connectivity index is 1.39. The van der Waals surface area contributed by atoms with Crippen LogP contribution in [0.4, 0.5) is 10.5 Å². The van der Waals surface area contributed by atoms with E-state index < -0.39 is 23.7 Å². The zero-order valence-corrected chi connectivity index (χ0v) is 20.3. The summed E-state index contributed by atoms with van der Waals surface area (Å²) < 4.78 is 4.77. The van der Waals surface area contributed by atoms with Crippen LogP contribution in [-0.2, 0) is 14.3 Å². The number of amides is 4. The zero-order valence-electron chi connectivity index (χ0n) is 20.3. The van der Waals surface area contributed by atoms with E-state index in [-0.39, 0.29) is 37.7 Å². The van der Waals surface area contributed by atoms with E-state index in [1.165, 1.54) is 11.1 Å². The maximum Gasteiger partial charge on any atom is 0.325 e. The number of hydrogen-bond donors (Lipinski definition) is 3. The number of H-pyrrole nitrogens is 1. The molecule has 0 bridgehead atoms. The fourth-order valence-corrected chi connectivity index (χ4v) is 4.11. The van der Waals surface area contributed by atoms with Gasteiger partial charge in [-0.2, -0.15) is 0 Å². The van der Waals surface area contributed by atoms with Gasteiger partial charge in [0.1, 0.15) is 6.54 Å². The second-order valence-electron chi connectivity index (χ2n) is 8.32. The number of rotatable bonds is 7. The van der Waals surface area contributed by atoms with Gasteiger partial charge in [-0.15, -0.1) is 0 Å². The topological polar surface area (TPSA) is 141 Å². The molecule has 11 nitrogen and oxygen atoms in total. The van der Waals surface area contributed by atoms with Crippen molar-refractivity contribution in [2.75, 3.05) is 44.6 Å². The molecule has 0 spiro atoms. The lowest BCUT2D eigenvalue weighted by atomic mass is 10.1. The molecule has 2 aromatic carbocycles. The minimum Gasteiger partial charge on any atom is -0.465 e. The van der Waals surface area contributed by atoms with Crippen LogP contribution in [0, 0.1) is 0 Å². The van der Waals surface area contributed by atoms with Crippen LogP contribution in [0.2, 0.25) is 0 Å². The summed E-state index contributed by atoms with van der Waals surface area (Å²) in [4.78, 5) is 68.4. The van der Waals surface area contributed by atoms with Crippen molar-refractivity contribution >= 4 is 46.2 Å². The first-order valence-electron chi connectivity index (χ1n) is 11.9. The Hall–Kier alpha value is -4.67. The van der Waals surface area contributed by atoms with E-state index in [9.17, 15) is 24.0 Å². The predicted molar refractivity (Wildman–Crippen MR) is 135 cm³/mol. The summed E-state index contributed by atoms with van der Waals surface area (Å²) in [6, 6.07) is 13.2. The Bertz CT molecular complexity index is 1330. The van der Waals surface area contributed by atoms with Crippen molar-refractivity contribution in [3.63, 3.8) is 0 Å². The summed E-state index contributed by atoms with van der Waals surface area (Å²) >= 11 is 0. The molecule has 1 fully saturated rings. The molecular formula is C26H27N5O6. The third-order valence-corrected chi connectivity index (χ3v) is 5.98. The average Bonchev–Trinajstić information content (AvgIpc) is 3.37. The molecule has 3 N–H and O–H groups in total. The zero-order chi connectivity index (χ0) is 26.4. The van der Waals surface area contributed by atoms with Crippen molar-refractivity contribution in [3.8, 4) is 0 Å². The van der Waals surface area contributed by atoms with E-state index in [0.29, 0.717) is 35.2 Å². The van der Waals surface area contributed by atoms with Crippen LogP contribution in [0.3, 0.4) is 0 Å². The summed E-state index contributed by atoms with van der Waals surface area (Å²) in [5.41, 5.74) is 1.59. The second kappa shape index (κ2) is 11.4. The van der Waals surface area contributed by atoms with Gasteiger partial charge in [0, 0.05) is 43.3 Å². The highest BCUT2D eigenvalue weighted by Crippen LogP contribution is 2.26. The third kappa shape index (κ3) is 5.77. The first kappa shape index (κ1) is 25.4. The van der Waals surface area contributed by atoms with Gasteiger partial charge in [-0.25, -0.2) is 4.79 Å². The van der Waals surface area contributed by atoms with Crippen molar-refractivity contribution in [2.24, 2.45) is 0 Å². The first-order chi connectivity index (χ1) is 17.9. The molecule has 0 saturated carbocycles. The fourth-order valence-electron chi connectivity index (χ4n) is 4.11. The van der Waals surface area contributed by atoms with Crippen molar-refractivity contribution < 1.29 is 28.7 Å². The number of carbonyl (C=O) groups is 5. The monoisotopic (exact) mass is 505 g/mol. The SMILES string of the molecule is CCOC(=O)CNC(=O)Nc1cccc2c(C(=O)C(=O)N3CCN(C(=O)c4ccccc4)CC3)c[nH]c12. The molecule has 11 heteroatoms. The summed E-state index contributed by atoms with van der Waals surface area (Å²) in [5, 5.41) is 5.49. The molecule has 3 aromatic rings. The molecule has 0 aliphatic carbocycles. The largest absolute Gasteiger partial charge is 0.465 e. The number of anilines is 1. The molecule has 2 heterocycles. The average molecular weight is 506 g/mol.